The zero-order valence-electron chi connectivity index (χ0n) is 11.3. The first-order valence-corrected chi connectivity index (χ1v) is 6.91. The number of rotatable bonds is 3. The van der Waals surface area contributed by atoms with Crippen molar-refractivity contribution in [2.24, 2.45) is 0 Å². The van der Waals surface area contributed by atoms with Crippen molar-refractivity contribution in [3.05, 3.63) is 53.1 Å². The van der Waals surface area contributed by atoms with Crippen molar-refractivity contribution < 1.29 is 9.90 Å². The van der Waals surface area contributed by atoms with Crippen LogP contribution < -0.4 is 0 Å². The molecule has 106 valence electrons. The molecule has 1 atom stereocenters. The molecule has 4 nitrogen and oxygen atoms in total. The zero-order valence-corrected chi connectivity index (χ0v) is 12.1. The number of nitrogens with one attached hydrogen (secondary N) is 1. The molecule has 1 unspecified atom stereocenters. The second kappa shape index (κ2) is 5.22. The third-order valence-electron chi connectivity index (χ3n) is 3.49. The molecular weight excluding hydrogens is 288 g/mol. The van der Waals surface area contributed by atoms with E-state index in [0.29, 0.717) is 5.02 Å². The molecule has 0 saturated heterocycles. The van der Waals surface area contributed by atoms with Gasteiger partial charge in [0.25, 0.3) is 0 Å². The van der Waals surface area contributed by atoms with Gasteiger partial charge in [0, 0.05) is 10.6 Å². The molecule has 0 fully saturated rings. The summed E-state index contributed by atoms with van der Waals surface area (Å²) in [6, 6.07) is 12.9. The highest BCUT2D eigenvalue weighted by Gasteiger charge is 2.15. The molecule has 0 saturated carbocycles. The van der Waals surface area contributed by atoms with Gasteiger partial charge in [0.1, 0.15) is 5.82 Å². The molecule has 3 aromatic rings. The molecule has 5 heteroatoms. The van der Waals surface area contributed by atoms with Crippen molar-refractivity contribution in [2.45, 2.75) is 12.8 Å². The Bertz CT molecular complexity index is 809. The maximum absolute atomic E-state index is 11.1. The van der Waals surface area contributed by atoms with Crippen LogP contribution in [-0.2, 0) is 4.79 Å². The maximum atomic E-state index is 11.1. The second-order valence-electron chi connectivity index (χ2n) is 4.93. The average Bonchev–Trinajstić information content (AvgIpc) is 2.89. The van der Waals surface area contributed by atoms with Crippen molar-refractivity contribution >= 4 is 28.6 Å². The summed E-state index contributed by atoms with van der Waals surface area (Å²) < 4.78 is 0. The smallest absolute Gasteiger partial charge is 0.310 e. The molecule has 2 aromatic carbocycles. The van der Waals surface area contributed by atoms with E-state index in [9.17, 15) is 4.79 Å². The lowest BCUT2D eigenvalue weighted by Gasteiger charge is -2.05. The number of benzene rings is 2. The van der Waals surface area contributed by atoms with Gasteiger partial charge in [-0.15, -0.1) is 0 Å². The summed E-state index contributed by atoms with van der Waals surface area (Å²) in [5.41, 5.74) is 3.32. The summed E-state index contributed by atoms with van der Waals surface area (Å²) in [5.74, 6) is -0.648. The van der Waals surface area contributed by atoms with E-state index in [0.717, 1.165) is 28.0 Å². The lowest BCUT2D eigenvalue weighted by Crippen LogP contribution is -2.06. The van der Waals surface area contributed by atoms with E-state index in [1.54, 1.807) is 13.0 Å². The number of carboxylic acids is 1. The van der Waals surface area contributed by atoms with E-state index in [4.69, 9.17) is 16.7 Å². The minimum absolute atomic E-state index is 0.545. The summed E-state index contributed by atoms with van der Waals surface area (Å²) in [5, 5.41) is 9.75. The highest BCUT2D eigenvalue weighted by Crippen LogP contribution is 2.25. The number of imidazole rings is 1. The zero-order chi connectivity index (χ0) is 15.0. The summed E-state index contributed by atoms with van der Waals surface area (Å²) in [6.45, 7) is 1.67. The first-order valence-electron chi connectivity index (χ1n) is 6.53. The fraction of sp³-hybridized carbons (Fsp3) is 0.125. The minimum Gasteiger partial charge on any atom is -0.481 e. The Morgan fingerprint density at radius 3 is 2.62 bits per heavy atom. The number of fused-ring (bicyclic) bond motifs is 1. The quantitative estimate of drug-likeness (QED) is 0.766. The third-order valence-corrected chi connectivity index (χ3v) is 3.75. The van der Waals surface area contributed by atoms with Crippen molar-refractivity contribution in [2.75, 3.05) is 0 Å². The van der Waals surface area contributed by atoms with E-state index in [2.05, 4.69) is 9.97 Å². The van der Waals surface area contributed by atoms with Gasteiger partial charge in [-0.1, -0.05) is 17.7 Å². The first kappa shape index (κ1) is 13.6. The van der Waals surface area contributed by atoms with Crippen LogP contribution in [0.5, 0.6) is 0 Å². The van der Waals surface area contributed by atoms with E-state index in [1.165, 1.54) is 0 Å². The SMILES string of the molecule is CC(C(=O)O)c1ccc2nc(-c3ccc(Cl)cc3)[nH]c2c1. The Kier molecular flexibility index (Phi) is 3.39. The summed E-state index contributed by atoms with van der Waals surface area (Å²) >= 11 is 5.88. The predicted octanol–water partition coefficient (Wildman–Crippen LogP) is 4.07. The third kappa shape index (κ3) is 2.62. The largest absolute Gasteiger partial charge is 0.481 e. The highest BCUT2D eigenvalue weighted by atomic mass is 35.5. The number of nitrogens with zero attached hydrogens (tertiary/aromatic N) is 1. The molecule has 0 aliphatic rings. The molecule has 0 radical (unpaired) electrons. The lowest BCUT2D eigenvalue weighted by molar-refractivity contribution is -0.138. The van der Waals surface area contributed by atoms with Crippen LogP contribution in [0.3, 0.4) is 0 Å². The van der Waals surface area contributed by atoms with Gasteiger partial charge in [0.2, 0.25) is 0 Å². The molecule has 0 aliphatic carbocycles. The van der Waals surface area contributed by atoms with Crippen molar-refractivity contribution in [3.8, 4) is 11.4 Å². The number of aliphatic carboxylic acids is 1. The van der Waals surface area contributed by atoms with Crippen LogP contribution in [0.15, 0.2) is 42.5 Å². The van der Waals surface area contributed by atoms with Gasteiger partial charge in [-0.3, -0.25) is 4.79 Å². The summed E-state index contributed by atoms with van der Waals surface area (Å²) in [4.78, 5) is 18.8. The monoisotopic (exact) mass is 300 g/mol. The van der Waals surface area contributed by atoms with Crippen molar-refractivity contribution in [1.29, 1.82) is 0 Å². The first-order chi connectivity index (χ1) is 10.0. The Labute approximate surface area is 126 Å². The molecule has 21 heavy (non-hydrogen) atoms. The molecular formula is C16H13ClN2O2. The van der Waals surface area contributed by atoms with Crippen LogP contribution in [0.1, 0.15) is 18.4 Å². The number of carbonyl (C=O) groups is 1. The van der Waals surface area contributed by atoms with E-state index >= 15 is 0 Å². The molecule has 0 bridgehead atoms. The van der Waals surface area contributed by atoms with Crippen LogP contribution >= 0.6 is 11.6 Å². The number of halogens is 1. The normalized spacial score (nSPS) is 12.5. The fourth-order valence-corrected chi connectivity index (χ4v) is 2.31. The Hall–Kier alpha value is -2.33. The van der Waals surface area contributed by atoms with Gasteiger partial charge in [-0.25, -0.2) is 4.98 Å². The molecule has 3 rings (SSSR count). The fourth-order valence-electron chi connectivity index (χ4n) is 2.18. The van der Waals surface area contributed by atoms with Crippen LogP contribution in [0, 0.1) is 0 Å². The van der Waals surface area contributed by atoms with Crippen molar-refractivity contribution in [1.82, 2.24) is 9.97 Å². The molecule has 0 aliphatic heterocycles. The van der Waals surface area contributed by atoms with Gasteiger partial charge >= 0.3 is 5.97 Å². The van der Waals surface area contributed by atoms with Gasteiger partial charge in [-0.05, 0) is 48.9 Å². The minimum atomic E-state index is -0.841. The Balaban J connectivity index is 2.04. The van der Waals surface area contributed by atoms with Gasteiger partial charge in [0.15, 0.2) is 0 Å². The summed E-state index contributed by atoms with van der Waals surface area (Å²) in [7, 11) is 0. The lowest BCUT2D eigenvalue weighted by atomic mass is 10.0. The Morgan fingerprint density at radius 1 is 1.24 bits per heavy atom. The summed E-state index contributed by atoms with van der Waals surface area (Å²) in [6.07, 6.45) is 0. The van der Waals surface area contributed by atoms with E-state index < -0.39 is 11.9 Å². The van der Waals surface area contributed by atoms with Crippen LogP contribution in [0.2, 0.25) is 5.02 Å². The standard InChI is InChI=1S/C16H13ClN2O2/c1-9(16(20)21)11-4-7-13-14(8-11)19-15(18-13)10-2-5-12(17)6-3-10/h2-9H,1H3,(H,18,19)(H,20,21). The number of carboxylic acid groups (broad SMARTS) is 1. The average molecular weight is 301 g/mol. The highest BCUT2D eigenvalue weighted by molar-refractivity contribution is 6.30. The van der Waals surface area contributed by atoms with E-state index in [1.807, 2.05) is 36.4 Å². The number of aromatic nitrogens is 2. The molecule has 1 aromatic heterocycles. The number of H-pyrrole nitrogens is 1. The molecule has 0 spiro atoms. The molecule has 0 amide bonds. The molecule has 2 N–H and O–H groups in total. The number of hydrogen-bond donors (Lipinski definition) is 2. The van der Waals surface area contributed by atoms with E-state index in [-0.39, 0.29) is 0 Å². The number of hydrogen-bond acceptors (Lipinski definition) is 2. The van der Waals surface area contributed by atoms with Gasteiger partial charge in [-0.2, -0.15) is 0 Å². The predicted molar refractivity (Wildman–Crippen MR) is 82.6 cm³/mol. The Morgan fingerprint density at radius 2 is 1.95 bits per heavy atom. The molecule has 1 heterocycles. The van der Waals surface area contributed by atoms with Gasteiger partial charge in [0.05, 0.1) is 17.0 Å². The van der Waals surface area contributed by atoms with Crippen LogP contribution in [-0.4, -0.2) is 21.0 Å². The van der Waals surface area contributed by atoms with Crippen molar-refractivity contribution in [3.63, 3.8) is 0 Å². The van der Waals surface area contributed by atoms with Crippen LogP contribution in [0.25, 0.3) is 22.4 Å². The van der Waals surface area contributed by atoms with Gasteiger partial charge < -0.3 is 10.1 Å². The second-order valence-corrected chi connectivity index (χ2v) is 5.37. The van der Waals surface area contributed by atoms with Crippen LogP contribution in [0.4, 0.5) is 0 Å². The number of aromatic amines is 1. The topological polar surface area (TPSA) is 66.0 Å². The maximum Gasteiger partial charge on any atom is 0.310 e.